The molecule has 1 aromatic carbocycles. The number of nitrogens with zero attached hydrogens (tertiary/aromatic N) is 1. The highest BCUT2D eigenvalue weighted by molar-refractivity contribution is 7.98. The van der Waals surface area contributed by atoms with Gasteiger partial charge in [0.05, 0.1) is 11.4 Å². The minimum atomic E-state index is -0.0333. The number of thioether (sulfide) groups is 1. The number of anilines is 2. The van der Waals surface area contributed by atoms with Gasteiger partial charge in [-0.2, -0.15) is 11.8 Å². The first-order valence-electron chi connectivity index (χ1n) is 6.29. The van der Waals surface area contributed by atoms with Crippen molar-refractivity contribution in [1.82, 2.24) is 4.90 Å². The van der Waals surface area contributed by atoms with Crippen LogP contribution in [0.3, 0.4) is 0 Å². The van der Waals surface area contributed by atoms with E-state index in [0.717, 1.165) is 18.0 Å². The molecule has 0 radical (unpaired) electrons. The molecule has 4 nitrogen and oxygen atoms in total. The van der Waals surface area contributed by atoms with Crippen LogP contribution in [-0.2, 0) is 0 Å². The summed E-state index contributed by atoms with van der Waals surface area (Å²) in [4.78, 5) is 13.4. The molecule has 5 heteroatoms. The number of nitrogen functional groups attached to an aromatic ring is 1. The Kier molecular flexibility index (Phi) is 6.02. The van der Waals surface area contributed by atoms with Crippen molar-refractivity contribution in [2.45, 2.75) is 6.92 Å². The number of rotatable bonds is 6. The van der Waals surface area contributed by atoms with Crippen LogP contribution in [0, 0.1) is 5.92 Å². The van der Waals surface area contributed by atoms with Gasteiger partial charge in [0.25, 0.3) is 5.91 Å². The van der Waals surface area contributed by atoms with Gasteiger partial charge in [0.1, 0.15) is 0 Å². The van der Waals surface area contributed by atoms with Gasteiger partial charge in [0.2, 0.25) is 0 Å². The van der Waals surface area contributed by atoms with Gasteiger partial charge < -0.3 is 16.0 Å². The predicted molar refractivity (Wildman–Crippen MR) is 84.9 cm³/mol. The maximum absolute atomic E-state index is 11.8. The molecule has 0 aliphatic carbocycles. The number of carbonyl (C=O) groups is 1. The molecule has 0 saturated heterocycles. The van der Waals surface area contributed by atoms with Crippen molar-refractivity contribution in [3.8, 4) is 0 Å². The Bertz CT molecular complexity index is 435. The molecule has 106 valence electrons. The summed E-state index contributed by atoms with van der Waals surface area (Å²) in [6.07, 6.45) is 2.10. The fourth-order valence-electron chi connectivity index (χ4n) is 1.74. The van der Waals surface area contributed by atoms with Gasteiger partial charge in [0.15, 0.2) is 0 Å². The molecule has 19 heavy (non-hydrogen) atoms. The molecule has 0 bridgehead atoms. The summed E-state index contributed by atoms with van der Waals surface area (Å²) in [5.74, 6) is 1.66. The number of amides is 1. The first-order valence-corrected chi connectivity index (χ1v) is 7.69. The predicted octanol–water partition coefficient (Wildman–Crippen LogP) is 2.38. The fourth-order valence-corrected chi connectivity index (χ4v) is 2.43. The van der Waals surface area contributed by atoms with E-state index in [1.165, 1.54) is 0 Å². The van der Waals surface area contributed by atoms with E-state index in [2.05, 4.69) is 18.5 Å². The molecular weight excluding hydrogens is 258 g/mol. The van der Waals surface area contributed by atoms with Crippen molar-refractivity contribution in [1.29, 1.82) is 0 Å². The highest BCUT2D eigenvalue weighted by Crippen LogP contribution is 2.21. The van der Waals surface area contributed by atoms with E-state index >= 15 is 0 Å². The summed E-state index contributed by atoms with van der Waals surface area (Å²) in [5, 5.41) is 3.33. The summed E-state index contributed by atoms with van der Waals surface area (Å²) in [7, 11) is 3.46. The van der Waals surface area contributed by atoms with Gasteiger partial charge in [-0.15, -0.1) is 0 Å². The summed E-state index contributed by atoms with van der Waals surface area (Å²) in [5.41, 5.74) is 8.10. The molecule has 1 aromatic rings. The molecule has 0 aliphatic heterocycles. The zero-order valence-electron chi connectivity index (χ0n) is 12.1. The van der Waals surface area contributed by atoms with E-state index in [1.54, 1.807) is 31.1 Å². The van der Waals surface area contributed by atoms with Crippen LogP contribution in [0.25, 0.3) is 0 Å². The molecule has 0 saturated carbocycles. The molecule has 0 aromatic heterocycles. The van der Waals surface area contributed by atoms with E-state index in [0.29, 0.717) is 17.2 Å². The zero-order valence-corrected chi connectivity index (χ0v) is 12.9. The van der Waals surface area contributed by atoms with Gasteiger partial charge in [-0.3, -0.25) is 4.79 Å². The lowest BCUT2D eigenvalue weighted by molar-refractivity contribution is 0.0827. The van der Waals surface area contributed by atoms with Crippen LogP contribution >= 0.6 is 11.8 Å². The number of carbonyl (C=O) groups excluding carboxylic acids is 1. The summed E-state index contributed by atoms with van der Waals surface area (Å²) < 4.78 is 0. The molecular formula is C14H23N3OS. The molecule has 1 amide bonds. The van der Waals surface area contributed by atoms with E-state index in [1.807, 2.05) is 17.8 Å². The normalized spacial score (nSPS) is 12.0. The third-order valence-corrected chi connectivity index (χ3v) is 3.70. The van der Waals surface area contributed by atoms with Crippen LogP contribution in [0.4, 0.5) is 11.4 Å². The molecule has 0 spiro atoms. The average Bonchev–Trinajstić information content (AvgIpc) is 2.36. The van der Waals surface area contributed by atoms with Crippen molar-refractivity contribution >= 4 is 29.0 Å². The van der Waals surface area contributed by atoms with Crippen molar-refractivity contribution < 1.29 is 4.79 Å². The van der Waals surface area contributed by atoms with Crippen LogP contribution < -0.4 is 11.1 Å². The highest BCUT2D eigenvalue weighted by atomic mass is 32.2. The van der Waals surface area contributed by atoms with E-state index in [4.69, 9.17) is 5.73 Å². The Morgan fingerprint density at radius 2 is 2.16 bits per heavy atom. The van der Waals surface area contributed by atoms with Crippen LogP contribution in [0.1, 0.15) is 17.3 Å². The lowest BCUT2D eigenvalue weighted by Gasteiger charge is -2.15. The Morgan fingerprint density at radius 1 is 1.47 bits per heavy atom. The molecule has 0 fully saturated rings. The standard InChI is InChI=1S/C14H23N3OS/c1-10(9-19-4)8-16-13-6-5-11(7-12(13)15)14(18)17(2)3/h5-7,10,16H,8-9,15H2,1-4H3. The largest absolute Gasteiger partial charge is 0.397 e. The quantitative estimate of drug-likeness (QED) is 0.786. The zero-order chi connectivity index (χ0) is 14.4. The molecule has 1 atom stereocenters. The monoisotopic (exact) mass is 281 g/mol. The van der Waals surface area contributed by atoms with Gasteiger partial charge in [-0.05, 0) is 36.1 Å². The van der Waals surface area contributed by atoms with E-state index in [9.17, 15) is 4.79 Å². The third kappa shape index (κ3) is 4.67. The van der Waals surface area contributed by atoms with Crippen molar-refractivity contribution in [3.05, 3.63) is 23.8 Å². The van der Waals surface area contributed by atoms with E-state index in [-0.39, 0.29) is 5.91 Å². The van der Waals surface area contributed by atoms with Crippen LogP contribution in [0.15, 0.2) is 18.2 Å². The lowest BCUT2D eigenvalue weighted by atomic mass is 10.1. The second-order valence-corrected chi connectivity index (χ2v) is 5.85. The van der Waals surface area contributed by atoms with Gasteiger partial charge in [-0.1, -0.05) is 6.92 Å². The Labute approximate surface area is 119 Å². The first-order chi connectivity index (χ1) is 8.95. The Morgan fingerprint density at radius 3 is 2.68 bits per heavy atom. The number of nitrogens with two attached hydrogens (primary N) is 1. The molecule has 1 rings (SSSR count). The molecule has 0 aliphatic rings. The lowest BCUT2D eigenvalue weighted by Crippen LogP contribution is -2.22. The molecule has 3 N–H and O–H groups in total. The smallest absolute Gasteiger partial charge is 0.253 e. The maximum atomic E-state index is 11.8. The molecule has 0 heterocycles. The first kappa shape index (κ1) is 15.7. The third-order valence-electron chi connectivity index (χ3n) is 2.80. The SMILES string of the molecule is CSCC(C)CNc1ccc(C(=O)N(C)C)cc1N. The average molecular weight is 281 g/mol. The van der Waals surface area contributed by atoms with E-state index < -0.39 is 0 Å². The minimum Gasteiger partial charge on any atom is -0.397 e. The number of hydrogen-bond acceptors (Lipinski definition) is 4. The highest BCUT2D eigenvalue weighted by Gasteiger charge is 2.10. The summed E-state index contributed by atoms with van der Waals surface area (Å²) in [6.45, 7) is 3.08. The molecule has 1 unspecified atom stereocenters. The minimum absolute atomic E-state index is 0.0333. The van der Waals surface area contributed by atoms with Crippen LogP contribution in [-0.4, -0.2) is 43.5 Å². The van der Waals surface area contributed by atoms with Crippen LogP contribution in [0.2, 0.25) is 0 Å². The number of benzene rings is 1. The van der Waals surface area contributed by atoms with Gasteiger partial charge in [-0.25, -0.2) is 0 Å². The number of nitrogens with one attached hydrogen (secondary N) is 1. The Balaban J connectivity index is 2.70. The number of hydrogen-bond donors (Lipinski definition) is 2. The van der Waals surface area contributed by atoms with Gasteiger partial charge in [0, 0.05) is 26.2 Å². The van der Waals surface area contributed by atoms with Crippen molar-refractivity contribution in [2.24, 2.45) is 5.92 Å². The van der Waals surface area contributed by atoms with Crippen molar-refractivity contribution in [3.63, 3.8) is 0 Å². The summed E-state index contributed by atoms with van der Waals surface area (Å²) in [6, 6.07) is 5.40. The second kappa shape index (κ2) is 7.28. The Hall–Kier alpha value is -1.36. The van der Waals surface area contributed by atoms with Crippen molar-refractivity contribution in [2.75, 3.05) is 43.7 Å². The fraction of sp³-hybridized carbons (Fsp3) is 0.500. The van der Waals surface area contributed by atoms with Crippen LogP contribution in [0.5, 0.6) is 0 Å². The summed E-state index contributed by atoms with van der Waals surface area (Å²) >= 11 is 1.84. The second-order valence-electron chi connectivity index (χ2n) is 4.94. The van der Waals surface area contributed by atoms with Gasteiger partial charge >= 0.3 is 0 Å². The topological polar surface area (TPSA) is 58.4 Å². The maximum Gasteiger partial charge on any atom is 0.253 e.